The highest BCUT2D eigenvalue weighted by Crippen LogP contribution is 2.19. The first-order chi connectivity index (χ1) is 9.33. The van der Waals surface area contributed by atoms with Crippen LogP contribution in [0.3, 0.4) is 0 Å². The Hall–Kier alpha value is -1.24. The highest BCUT2D eigenvalue weighted by atomic mass is 16.6. The number of rotatable bonds is 6. The van der Waals surface area contributed by atoms with Crippen LogP contribution in [0.4, 0.5) is 5.82 Å². The molecular weight excluding hydrogens is 246 g/mol. The number of hydrogen-bond acceptors (Lipinski definition) is 6. The zero-order valence-corrected chi connectivity index (χ0v) is 11.5. The van der Waals surface area contributed by atoms with E-state index in [0.29, 0.717) is 32.3 Å². The minimum atomic E-state index is -0.187. The van der Waals surface area contributed by atoms with E-state index in [0.717, 1.165) is 24.5 Å². The molecule has 1 saturated heterocycles. The summed E-state index contributed by atoms with van der Waals surface area (Å²) < 4.78 is 16.2. The Morgan fingerprint density at radius 2 is 2.32 bits per heavy atom. The van der Waals surface area contributed by atoms with E-state index in [9.17, 15) is 0 Å². The van der Waals surface area contributed by atoms with Crippen molar-refractivity contribution in [2.24, 2.45) is 0 Å². The molecule has 1 atom stereocenters. The van der Waals surface area contributed by atoms with Crippen LogP contribution in [0.2, 0.25) is 0 Å². The Balaban J connectivity index is 2.17. The van der Waals surface area contributed by atoms with Gasteiger partial charge in [-0.25, -0.2) is 9.97 Å². The Kier molecular flexibility index (Phi) is 5.50. The molecule has 106 valence electrons. The van der Waals surface area contributed by atoms with Crippen molar-refractivity contribution in [3.05, 3.63) is 17.6 Å². The van der Waals surface area contributed by atoms with Crippen LogP contribution >= 0.6 is 0 Å². The van der Waals surface area contributed by atoms with Gasteiger partial charge < -0.3 is 19.5 Å². The lowest BCUT2D eigenvalue weighted by molar-refractivity contribution is -0.0936. The van der Waals surface area contributed by atoms with Gasteiger partial charge in [0.05, 0.1) is 32.1 Å². The highest BCUT2D eigenvalue weighted by molar-refractivity contribution is 5.36. The summed E-state index contributed by atoms with van der Waals surface area (Å²) in [6.07, 6.45) is 0.856. The second kappa shape index (κ2) is 7.37. The molecule has 1 aromatic rings. The van der Waals surface area contributed by atoms with Crippen LogP contribution in [0.1, 0.15) is 31.0 Å². The molecule has 2 heterocycles. The number of ether oxygens (including phenoxy) is 3. The average molecular weight is 267 g/mol. The second-order valence-corrected chi connectivity index (χ2v) is 4.40. The SMILES string of the molecule is CCCNc1cc(COC)nc(C2COCCO2)n1. The number of aromatic nitrogens is 2. The molecule has 1 unspecified atom stereocenters. The largest absolute Gasteiger partial charge is 0.378 e. The predicted octanol–water partition coefficient (Wildman–Crippen LogP) is 1.53. The van der Waals surface area contributed by atoms with Gasteiger partial charge in [0.2, 0.25) is 0 Å². The summed E-state index contributed by atoms with van der Waals surface area (Å²) in [7, 11) is 1.65. The number of nitrogens with one attached hydrogen (secondary N) is 1. The smallest absolute Gasteiger partial charge is 0.162 e. The molecule has 1 aliphatic rings. The van der Waals surface area contributed by atoms with Crippen LogP contribution < -0.4 is 5.32 Å². The molecule has 0 bridgehead atoms. The minimum Gasteiger partial charge on any atom is -0.378 e. The number of hydrogen-bond donors (Lipinski definition) is 1. The standard InChI is InChI=1S/C13H21N3O3/c1-3-4-14-12-7-10(8-17-2)15-13(16-12)11-9-18-5-6-19-11/h7,11H,3-6,8-9H2,1-2H3,(H,14,15,16). The summed E-state index contributed by atoms with van der Waals surface area (Å²) in [6.45, 7) is 5.18. The van der Waals surface area contributed by atoms with Crippen LogP contribution in [-0.2, 0) is 20.8 Å². The Labute approximate surface area is 113 Å². The van der Waals surface area contributed by atoms with Gasteiger partial charge in [-0.3, -0.25) is 0 Å². The van der Waals surface area contributed by atoms with Crippen molar-refractivity contribution >= 4 is 5.82 Å². The summed E-state index contributed by atoms with van der Waals surface area (Å²) in [6, 6.07) is 1.91. The van der Waals surface area contributed by atoms with Crippen molar-refractivity contribution in [3.8, 4) is 0 Å². The van der Waals surface area contributed by atoms with E-state index in [1.165, 1.54) is 0 Å². The highest BCUT2D eigenvalue weighted by Gasteiger charge is 2.20. The Morgan fingerprint density at radius 3 is 3.00 bits per heavy atom. The lowest BCUT2D eigenvalue weighted by Crippen LogP contribution is -2.24. The zero-order valence-electron chi connectivity index (χ0n) is 11.5. The van der Waals surface area contributed by atoms with Crippen LogP contribution in [0.5, 0.6) is 0 Å². The molecule has 1 fully saturated rings. The molecule has 0 radical (unpaired) electrons. The summed E-state index contributed by atoms with van der Waals surface area (Å²) in [5.74, 6) is 1.47. The number of nitrogens with zero attached hydrogens (tertiary/aromatic N) is 2. The monoisotopic (exact) mass is 267 g/mol. The van der Waals surface area contributed by atoms with Gasteiger partial charge in [-0.15, -0.1) is 0 Å². The molecule has 1 N–H and O–H groups in total. The Morgan fingerprint density at radius 1 is 1.42 bits per heavy atom. The van der Waals surface area contributed by atoms with E-state index < -0.39 is 0 Å². The fourth-order valence-electron chi connectivity index (χ4n) is 1.86. The third kappa shape index (κ3) is 4.12. The van der Waals surface area contributed by atoms with Crippen molar-refractivity contribution < 1.29 is 14.2 Å². The van der Waals surface area contributed by atoms with Crippen molar-refractivity contribution in [1.29, 1.82) is 0 Å². The van der Waals surface area contributed by atoms with Gasteiger partial charge in [-0.2, -0.15) is 0 Å². The van der Waals surface area contributed by atoms with Gasteiger partial charge in [0, 0.05) is 19.7 Å². The molecule has 1 aromatic heterocycles. The van der Waals surface area contributed by atoms with Crippen LogP contribution in [-0.4, -0.2) is 43.4 Å². The third-order valence-corrected chi connectivity index (χ3v) is 2.75. The quantitative estimate of drug-likeness (QED) is 0.843. The molecule has 6 nitrogen and oxygen atoms in total. The summed E-state index contributed by atoms with van der Waals surface area (Å²) in [5.41, 5.74) is 0.847. The predicted molar refractivity (Wildman–Crippen MR) is 71.0 cm³/mol. The fourth-order valence-corrected chi connectivity index (χ4v) is 1.86. The summed E-state index contributed by atoms with van der Waals surface area (Å²) >= 11 is 0. The minimum absolute atomic E-state index is 0.187. The Bertz CT molecular complexity index is 395. The first kappa shape index (κ1) is 14.2. The maximum absolute atomic E-state index is 5.64. The van der Waals surface area contributed by atoms with Crippen molar-refractivity contribution in [2.45, 2.75) is 26.1 Å². The molecule has 0 saturated carbocycles. The van der Waals surface area contributed by atoms with Crippen LogP contribution in [0.25, 0.3) is 0 Å². The van der Waals surface area contributed by atoms with Crippen LogP contribution in [0, 0.1) is 0 Å². The van der Waals surface area contributed by atoms with E-state index >= 15 is 0 Å². The number of methoxy groups -OCH3 is 1. The summed E-state index contributed by atoms with van der Waals surface area (Å²) in [5, 5.41) is 3.27. The number of anilines is 1. The van der Waals surface area contributed by atoms with Gasteiger partial charge in [0.25, 0.3) is 0 Å². The molecule has 0 spiro atoms. The van der Waals surface area contributed by atoms with E-state index in [1.54, 1.807) is 7.11 Å². The van der Waals surface area contributed by atoms with E-state index in [2.05, 4.69) is 22.2 Å². The van der Waals surface area contributed by atoms with Gasteiger partial charge >= 0.3 is 0 Å². The maximum Gasteiger partial charge on any atom is 0.162 e. The van der Waals surface area contributed by atoms with Crippen molar-refractivity contribution in [1.82, 2.24) is 9.97 Å². The molecule has 2 rings (SSSR count). The maximum atomic E-state index is 5.64. The van der Waals surface area contributed by atoms with E-state index in [1.807, 2.05) is 6.07 Å². The van der Waals surface area contributed by atoms with Crippen LogP contribution in [0.15, 0.2) is 6.07 Å². The molecule has 0 amide bonds. The van der Waals surface area contributed by atoms with Gasteiger partial charge in [-0.05, 0) is 6.42 Å². The molecule has 0 aliphatic carbocycles. The van der Waals surface area contributed by atoms with Gasteiger partial charge in [0.15, 0.2) is 5.82 Å². The average Bonchev–Trinajstić information content (AvgIpc) is 2.46. The van der Waals surface area contributed by atoms with E-state index in [-0.39, 0.29) is 6.10 Å². The lowest BCUT2D eigenvalue weighted by Gasteiger charge is -2.22. The molecule has 1 aliphatic heterocycles. The van der Waals surface area contributed by atoms with Gasteiger partial charge in [-0.1, -0.05) is 6.92 Å². The topological polar surface area (TPSA) is 65.5 Å². The third-order valence-electron chi connectivity index (χ3n) is 2.75. The van der Waals surface area contributed by atoms with Crippen molar-refractivity contribution in [3.63, 3.8) is 0 Å². The normalized spacial score (nSPS) is 19.4. The molecular formula is C13H21N3O3. The lowest BCUT2D eigenvalue weighted by atomic mass is 10.3. The molecule has 0 aromatic carbocycles. The fraction of sp³-hybridized carbons (Fsp3) is 0.692. The second-order valence-electron chi connectivity index (χ2n) is 4.40. The van der Waals surface area contributed by atoms with Gasteiger partial charge in [0.1, 0.15) is 11.9 Å². The first-order valence-electron chi connectivity index (χ1n) is 6.63. The molecule has 19 heavy (non-hydrogen) atoms. The first-order valence-corrected chi connectivity index (χ1v) is 6.63. The summed E-state index contributed by atoms with van der Waals surface area (Å²) in [4.78, 5) is 8.97. The zero-order chi connectivity index (χ0) is 13.5. The molecule has 6 heteroatoms. The van der Waals surface area contributed by atoms with Crippen molar-refractivity contribution in [2.75, 3.05) is 38.8 Å². The van der Waals surface area contributed by atoms with E-state index in [4.69, 9.17) is 14.2 Å².